The Bertz CT molecular complexity index is 798. The fourth-order valence-corrected chi connectivity index (χ4v) is 3.19. The van der Waals surface area contributed by atoms with E-state index in [1.807, 2.05) is 45.9 Å². The molecule has 0 saturated heterocycles. The Morgan fingerprint density at radius 1 is 1.16 bits per heavy atom. The Labute approximate surface area is 149 Å². The molecule has 0 saturated carbocycles. The summed E-state index contributed by atoms with van der Waals surface area (Å²) in [6.07, 6.45) is 0.769. The highest BCUT2D eigenvalue weighted by atomic mass is 16.5. The summed E-state index contributed by atoms with van der Waals surface area (Å²) in [5.74, 6) is 1.55. The van der Waals surface area contributed by atoms with E-state index in [9.17, 15) is 4.79 Å². The van der Waals surface area contributed by atoms with Gasteiger partial charge in [-0.2, -0.15) is 0 Å². The summed E-state index contributed by atoms with van der Waals surface area (Å²) >= 11 is 0. The van der Waals surface area contributed by atoms with Crippen LogP contribution in [0.4, 0.5) is 0 Å². The average molecular weight is 339 g/mol. The summed E-state index contributed by atoms with van der Waals surface area (Å²) in [5.41, 5.74) is 5.49. The number of fused-ring (bicyclic) bond motifs is 1. The van der Waals surface area contributed by atoms with E-state index in [4.69, 9.17) is 9.47 Å². The van der Waals surface area contributed by atoms with Gasteiger partial charge < -0.3 is 14.8 Å². The largest absolute Gasteiger partial charge is 0.493 e. The first-order chi connectivity index (χ1) is 12.0. The van der Waals surface area contributed by atoms with Gasteiger partial charge in [-0.3, -0.25) is 4.79 Å². The number of nitrogens with one attached hydrogen (secondary N) is 1. The molecule has 132 valence electrons. The Balaban J connectivity index is 1.67. The van der Waals surface area contributed by atoms with Crippen LogP contribution >= 0.6 is 0 Å². The van der Waals surface area contributed by atoms with Gasteiger partial charge >= 0.3 is 0 Å². The summed E-state index contributed by atoms with van der Waals surface area (Å²) in [7, 11) is 0. The molecule has 2 aromatic carbocycles. The number of carbonyl (C=O) groups is 1. The number of rotatable bonds is 4. The highest BCUT2D eigenvalue weighted by Crippen LogP contribution is 2.32. The number of benzene rings is 2. The molecule has 2 aromatic rings. The van der Waals surface area contributed by atoms with E-state index >= 15 is 0 Å². The summed E-state index contributed by atoms with van der Waals surface area (Å²) in [6.45, 7) is 8.73. The quantitative estimate of drug-likeness (QED) is 0.918. The highest BCUT2D eigenvalue weighted by Gasteiger charge is 2.23. The van der Waals surface area contributed by atoms with E-state index in [0.717, 1.165) is 45.7 Å². The molecule has 3 rings (SSSR count). The van der Waals surface area contributed by atoms with Crippen LogP contribution in [0.15, 0.2) is 30.3 Å². The first kappa shape index (κ1) is 17.3. The summed E-state index contributed by atoms with van der Waals surface area (Å²) < 4.78 is 11.5. The van der Waals surface area contributed by atoms with Gasteiger partial charge in [0.25, 0.3) is 5.91 Å². The van der Waals surface area contributed by atoms with Crippen LogP contribution in [0.3, 0.4) is 0 Å². The molecule has 1 aliphatic heterocycles. The third-order valence-electron chi connectivity index (χ3n) is 4.76. The van der Waals surface area contributed by atoms with Crippen LogP contribution in [0.1, 0.15) is 40.3 Å². The van der Waals surface area contributed by atoms with E-state index in [0.29, 0.717) is 6.61 Å². The molecule has 0 fully saturated rings. The van der Waals surface area contributed by atoms with Gasteiger partial charge in [0.1, 0.15) is 11.5 Å². The minimum absolute atomic E-state index is 0.0175. The lowest BCUT2D eigenvalue weighted by molar-refractivity contribution is -0.124. The second-order valence-electron chi connectivity index (χ2n) is 6.74. The third kappa shape index (κ3) is 3.78. The molecule has 1 unspecified atom stereocenters. The number of hydrogen-bond donors (Lipinski definition) is 1. The van der Waals surface area contributed by atoms with Gasteiger partial charge in [-0.1, -0.05) is 29.8 Å². The minimum atomic E-state index is -0.111. The van der Waals surface area contributed by atoms with Crippen molar-refractivity contribution in [1.82, 2.24) is 5.32 Å². The second kappa shape index (κ2) is 7.18. The van der Waals surface area contributed by atoms with Crippen LogP contribution in [0.5, 0.6) is 11.5 Å². The average Bonchev–Trinajstić information content (AvgIpc) is 2.59. The van der Waals surface area contributed by atoms with Crippen molar-refractivity contribution in [3.8, 4) is 11.5 Å². The Morgan fingerprint density at radius 3 is 2.72 bits per heavy atom. The molecule has 1 amide bonds. The normalized spacial score (nSPS) is 15.9. The zero-order valence-electron chi connectivity index (χ0n) is 15.3. The number of aryl methyl sites for hydroxylation is 3. The predicted octanol–water partition coefficient (Wildman–Crippen LogP) is 3.94. The maximum atomic E-state index is 12.4. The monoisotopic (exact) mass is 339 g/mol. The fraction of sp³-hybridized carbons (Fsp3) is 0.381. The molecular formula is C21H25NO3. The zero-order valence-corrected chi connectivity index (χ0v) is 15.3. The van der Waals surface area contributed by atoms with Gasteiger partial charge in [-0.25, -0.2) is 0 Å². The molecule has 0 aliphatic carbocycles. The van der Waals surface area contributed by atoms with Crippen molar-refractivity contribution in [2.75, 3.05) is 13.2 Å². The number of ether oxygens (including phenoxy) is 2. The number of amides is 1. The molecule has 0 radical (unpaired) electrons. The van der Waals surface area contributed by atoms with Crippen molar-refractivity contribution in [3.05, 3.63) is 58.1 Å². The molecule has 25 heavy (non-hydrogen) atoms. The lowest BCUT2D eigenvalue weighted by Crippen LogP contribution is -2.35. The van der Waals surface area contributed by atoms with Crippen LogP contribution in [-0.4, -0.2) is 19.1 Å². The van der Waals surface area contributed by atoms with E-state index in [1.165, 1.54) is 0 Å². The molecule has 4 nitrogen and oxygen atoms in total. The Kier molecular flexibility index (Phi) is 4.98. The Hall–Kier alpha value is -2.49. The summed E-state index contributed by atoms with van der Waals surface area (Å²) in [4.78, 5) is 12.4. The third-order valence-corrected chi connectivity index (χ3v) is 4.76. The van der Waals surface area contributed by atoms with Crippen molar-refractivity contribution in [2.45, 2.75) is 40.2 Å². The SMILES string of the molecule is Cc1ccc2c(c1)C(NC(=O)COc1c(C)ccc(C)c1C)CCO2. The maximum Gasteiger partial charge on any atom is 0.258 e. The molecule has 1 heterocycles. The molecule has 1 atom stereocenters. The van der Waals surface area contributed by atoms with Gasteiger partial charge in [-0.05, 0) is 50.5 Å². The van der Waals surface area contributed by atoms with Gasteiger partial charge in [0.2, 0.25) is 0 Å². The molecule has 0 aromatic heterocycles. The summed E-state index contributed by atoms with van der Waals surface area (Å²) in [5, 5.41) is 3.08. The molecule has 4 heteroatoms. The van der Waals surface area contributed by atoms with Crippen molar-refractivity contribution < 1.29 is 14.3 Å². The zero-order chi connectivity index (χ0) is 18.0. The van der Waals surface area contributed by atoms with Gasteiger partial charge in [0, 0.05) is 12.0 Å². The van der Waals surface area contributed by atoms with Gasteiger partial charge in [-0.15, -0.1) is 0 Å². The van der Waals surface area contributed by atoms with Crippen LogP contribution in [0.2, 0.25) is 0 Å². The van der Waals surface area contributed by atoms with E-state index in [2.05, 4.69) is 17.4 Å². The van der Waals surface area contributed by atoms with Crippen molar-refractivity contribution >= 4 is 5.91 Å². The smallest absolute Gasteiger partial charge is 0.258 e. The lowest BCUT2D eigenvalue weighted by Gasteiger charge is -2.27. The fourth-order valence-electron chi connectivity index (χ4n) is 3.19. The van der Waals surface area contributed by atoms with Crippen LogP contribution < -0.4 is 14.8 Å². The maximum absolute atomic E-state index is 12.4. The highest BCUT2D eigenvalue weighted by molar-refractivity contribution is 5.78. The van der Waals surface area contributed by atoms with Gasteiger partial charge in [0.15, 0.2) is 6.61 Å². The van der Waals surface area contributed by atoms with Crippen molar-refractivity contribution in [2.24, 2.45) is 0 Å². The van der Waals surface area contributed by atoms with E-state index < -0.39 is 0 Å². The van der Waals surface area contributed by atoms with Crippen LogP contribution in [0, 0.1) is 27.7 Å². The first-order valence-corrected chi connectivity index (χ1v) is 8.68. The predicted molar refractivity (Wildman–Crippen MR) is 98.3 cm³/mol. The lowest BCUT2D eigenvalue weighted by atomic mass is 9.98. The molecule has 1 N–H and O–H groups in total. The van der Waals surface area contributed by atoms with Crippen LogP contribution in [0.25, 0.3) is 0 Å². The number of carbonyl (C=O) groups excluding carboxylic acids is 1. The Morgan fingerprint density at radius 2 is 1.92 bits per heavy atom. The standard InChI is InChI=1S/C21H25NO3/c1-13-5-8-19-17(11-13)18(9-10-24-19)22-20(23)12-25-21-15(3)7-6-14(2)16(21)4/h5-8,11,18H,9-10,12H2,1-4H3,(H,22,23). The van der Waals surface area contributed by atoms with Crippen LogP contribution in [-0.2, 0) is 4.79 Å². The van der Waals surface area contributed by atoms with E-state index in [-0.39, 0.29) is 18.6 Å². The topological polar surface area (TPSA) is 47.6 Å². The molecule has 0 spiro atoms. The minimum Gasteiger partial charge on any atom is -0.493 e. The van der Waals surface area contributed by atoms with E-state index in [1.54, 1.807) is 0 Å². The van der Waals surface area contributed by atoms with Crippen molar-refractivity contribution in [3.63, 3.8) is 0 Å². The van der Waals surface area contributed by atoms with Crippen molar-refractivity contribution in [1.29, 1.82) is 0 Å². The molecule has 1 aliphatic rings. The molecular weight excluding hydrogens is 314 g/mol. The summed E-state index contributed by atoms with van der Waals surface area (Å²) in [6, 6.07) is 10.1. The molecule has 0 bridgehead atoms. The van der Waals surface area contributed by atoms with Gasteiger partial charge in [0.05, 0.1) is 12.6 Å². The second-order valence-corrected chi connectivity index (χ2v) is 6.74. The number of hydrogen-bond acceptors (Lipinski definition) is 3. The first-order valence-electron chi connectivity index (χ1n) is 8.68.